The van der Waals surface area contributed by atoms with Crippen LogP contribution in [0.15, 0.2) is 47.6 Å². The van der Waals surface area contributed by atoms with Gasteiger partial charge in [0.15, 0.2) is 0 Å². The molecule has 0 bridgehead atoms. The molecule has 0 heterocycles. The second-order valence-electron chi connectivity index (χ2n) is 7.33. The number of rotatable bonds is 10. The molecule has 8 heteroatoms. The van der Waals surface area contributed by atoms with Crippen molar-refractivity contribution in [1.29, 1.82) is 0 Å². The summed E-state index contributed by atoms with van der Waals surface area (Å²) in [6.45, 7) is 6.43. The molecule has 2 rings (SSSR count). The van der Waals surface area contributed by atoms with Gasteiger partial charge in [-0.25, -0.2) is 5.43 Å². The Bertz CT molecular complexity index is 932. The number of carbonyl (C=O) groups is 2. The van der Waals surface area contributed by atoms with Gasteiger partial charge in [-0.05, 0) is 48.2 Å². The fourth-order valence-electron chi connectivity index (χ4n) is 2.66. The van der Waals surface area contributed by atoms with E-state index in [0.717, 1.165) is 24.2 Å². The van der Waals surface area contributed by atoms with Crippen molar-refractivity contribution < 1.29 is 14.3 Å². The van der Waals surface area contributed by atoms with Gasteiger partial charge in [0.1, 0.15) is 11.8 Å². The van der Waals surface area contributed by atoms with Gasteiger partial charge in [-0.1, -0.05) is 62.5 Å². The lowest BCUT2D eigenvalue weighted by Crippen LogP contribution is -2.48. The number of hydrogen-bond acceptors (Lipinski definition) is 4. The molecule has 2 aromatic carbocycles. The van der Waals surface area contributed by atoms with Gasteiger partial charge in [0, 0.05) is 5.56 Å². The standard InChI is InChI=1S/C23H27Cl2N3O3/c1-4-5-11-31-18-8-6-7-16(12-18)14-26-28-23(30)21(15(2)3)27-22(29)17-9-10-19(24)20(25)13-17/h6-10,12-15,21H,4-5,11H2,1-3H3,(H,27,29)(H,28,30). The number of ether oxygens (including phenoxy) is 1. The first kappa shape index (κ1) is 24.7. The van der Waals surface area contributed by atoms with Crippen molar-refractivity contribution in [2.45, 2.75) is 39.7 Å². The van der Waals surface area contributed by atoms with Crippen LogP contribution in [-0.2, 0) is 4.79 Å². The number of nitrogens with zero attached hydrogens (tertiary/aromatic N) is 1. The number of hydrogen-bond donors (Lipinski definition) is 2. The molecule has 2 aromatic rings. The maximum Gasteiger partial charge on any atom is 0.262 e. The van der Waals surface area contributed by atoms with Gasteiger partial charge in [-0.3, -0.25) is 9.59 Å². The number of halogens is 2. The molecule has 2 N–H and O–H groups in total. The van der Waals surface area contributed by atoms with E-state index < -0.39 is 17.9 Å². The van der Waals surface area contributed by atoms with E-state index in [0.29, 0.717) is 17.2 Å². The fourth-order valence-corrected chi connectivity index (χ4v) is 2.95. The molecule has 0 aliphatic rings. The molecule has 6 nitrogen and oxygen atoms in total. The van der Waals surface area contributed by atoms with Crippen LogP contribution >= 0.6 is 23.2 Å². The molecule has 1 unspecified atom stereocenters. The molecular weight excluding hydrogens is 437 g/mol. The predicted molar refractivity (Wildman–Crippen MR) is 125 cm³/mol. The molecule has 2 amide bonds. The highest BCUT2D eigenvalue weighted by Gasteiger charge is 2.24. The molecule has 0 saturated carbocycles. The van der Waals surface area contributed by atoms with E-state index in [4.69, 9.17) is 27.9 Å². The number of nitrogens with one attached hydrogen (secondary N) is 2. The Hall–Kier alpha value is -2.57. The Morgan fingerprint density at radius 2 is 1.90 bits per heavy atom. The van der Waals surface area contributed by atoms with E-state index in [9.17, 15) is 9.59 Å². The van der Waals surface area contributed by atoms with Crippen molar-refractivity contribution in [1.82, 2.24) is 10.7 Å². The van der Waals surface area contributed by atoms with Crippen LogP contribution in [0.1, 0.15) is 49.5 Å². The summed E-state index contributed by atoms with van der Waals surface area (Å²) in [6, 6.07) is 11.2. The fraction of sp³-hybridized carbons (Fsp3) is 0.348. The van der Waals surface area contributed by atoms with Gasteiger partial charge >= 0.3 is 0 Å². The number of unbranched alkanes of at least 4 members (excludes halogenated alkanes) is 1. The molecule has 31 heavy (non-hydrogen) atoms. The quantitative estimate of drug-likeness (QED) is 0.293. The van der Waals surface area contributed by atoms with Crippen molar-refractivity contribution >= 4 is 41.2 Å². The Morgan fingerprint density at radius 1 is 1.13 bits per heavy atom. The highest BCUT2D eigenvalue weighted by atomic mass is 35.5. The van der Waals surface area contributed by atoms with E-state index in [2.05, 4.69) is 22.8 Å². The summed E-state index contributed by atoms with van der Waals surface area (Å²) in [5, 5.41) is 7.36. The van der Waals surface area contributed by atoms with E-state index in [-0.39, 0.29) is 10.9 Å². The van der Waals surface area contributed by atoms with Crippen molar-refractivity contribution in [3.63, 3.8) is 0 Å². The van der Waals surface area contributed by atoms with Gasteiger partial charge in [-0.15, -0.1) is 0 Å². The minimum absolute atomic E-state index is 0.155. The smallest absolute Gasteiger partial charge is 0.262 e. The third-order valence-corrected chi connectivity index (χ3v) is 5.17. The van der Waals surface area contributed by atoms with Crippen LogP contribution in [0.3, 0.4) is 0 Å². The minimum Gasteiger partial charge on any atom is -0.494 e. The van der Waals surface area contributed by atoms with E-state index >= 15 is 0 Å². The molecule has 0 aliphatic heterocycles. The predicted octanol–water partition coefficient (Wildman–Crippen LogP) is 5.08. The molecule has 0 spiro atoms. The molecule has 166 valence electrons. The second kappa shape index (κ2) is 12.3. The van der Waals surface area contributed by atoms with Crippen LogP contribution in [0.4, 0.5) is 0 Å². The Morgan fingerprint density at radius 3 is 2.58 bits per heavy atom. The topological polar surface area (TPSA) is 79.8 Å². The van der Waals surface area contributed by atoms with Crippen molar-refractivity contribution in [2.75, 3.05) is 6.61 Å². The molecule has 0 radical (unpaired) electrons. The zero-order chi connectivity index (χ0) is 22.8. The lowest BCUT2D eigenvalue weighted by atomic mass is 10.0. The molecule has 0 saturated heterocycles. The lowest BCUT2D eigenvalue weighted by molar-refractivity contribution is -0.123. The van der Waals surface area contributed by atoms with Crippen LogP contribution in [0.25, 0.3) is 0 Å². The van der Waals surface area contributed by atoms with Crippen LogP contribution in [-0.4, -0.2) is 30.7 Å². The summed E-state index contributed by atoms with van der Waals surface area (Å²) >= 11 is 11.9. The third-order valence-electron chi connectivity index (χ3n) is 4.43. The van der Waals surface area contributed by atoms with Crippen LogP contribution in [0, 0.1) is 5.92 Å². The highest BCUT2D eigenvalue weighted by Crippen LogP contribution is 2.22. The lowest BCUT2D eigenvalue weighted by Gasteiger charge is -2.20. The molecule has 0 fully saturated rings. The van der Waals surface area contributed by atoms with Crippen LogP contribution in [0.5, 0.6) is 5.75 Å². The first-order valence-corrected chi connectivity index (χ1v) is 10.9. The van der Waals surface area contributed by atoms with Gasteiger partial charge in [0.2, 0.25) is 0 Å². The summed E-state index contributed by atoms with van der Waals surface area (Å²) < 4.78 is 5.67. The Labute approximate surface area is 193 Å². The summed E-state index contributed by atoms with van der Waals surface area (Å²) in [7, 11) is 0. The molecule has 0 aromatic heterocycles. The van der Waals surface area contributed by atoms with Gasteiger partial charge < -0.3 is 10.1 Å². The zero-order valence-corrected chi connectivity index (χ0v) is 19.3. The Kier molecular flexibility index (Phi) is 9.82. The highest BCUT2D eigenvalue weighted by molar-refractivity contribution is 6.42. The number of hydrazone groups is 1. The zero-order valence-electron chi connectivity index (χ0n) is 17.8. The summed E-state index contributed by atoms with van der Waals surface area (Å²) in [6.07, 6.45) is 3.58. The van der Waals surface area contributed by atoms with Gasteiger partial charge in [0.25, 0.3) is 11.8 Å². The average molecular weight is 464 g/mol. The summed E-state index contributed by atoms with van der Waals surface area (Å²) in [5.74, 6) is -0.252. The molecular formula is C23H27Cl2N3O3. The van der Waals surface area contributed by atoms with E-state index in [1.54, 1.807) is 6.07 Å². The minimum atomic E-state index is -0.775. The first-order chi connectivity index (χ1) is 14.8. The van der Waals surface area contributed by atoms with Crippen LogP contribution < -0.4 is 15.5 Å². The maximum atomic E-state index is 12.6. The molecule has 0 aliphatic carbocycles. The largest absolute Gasteiger partial charge is 0.494 e. The van der Waals surface area contributed by atoms with Crippen molar-refractivity contribution in [2.24, 2.45) is 11.0 Å². The summed E-state index contributed by atoms with van der Waals surface area (Å²) in [4.78, 5) is 25.1. The van der Waals surface area contributed by atoms with Crippen LogP contribution in [0.2, 0.25) is 10.0 Å². The normalized spacial score (nSPS) is 12.1. The van der Waals surface area contributed by atoms with E-state index in [1.165, 1.54) is 18.3 Å². The second-order valence-corrected chi connectivity index (χ2v) is 8.15. The SMILES string of the molecule is CCCCOc1cccc(C=NNC(=O)C(NC(=O)c2ccc(Cl)c(Cl)c2)C(C)C)c1. The number of benzene rings is 2. The van der Waals surface area contributed by atoms with Gasteiger partial charge in [-0.2, -0.15) is 5.10 Å². The van der Waals surface area contributed by atoms with Gasteiger partial charge in [0.05, 0.1) is 22.9 Å². The first-order valence-electron chi connectivity index (χ1n) is 10.1. The van der Waals surface area contributed by atoms with Crippen molar-refractivity contribution in [3.8, 4) is 5.75 Å². The summed E-state index contributed by atoms with van der Waals surface area (Å²) in [5.41, 5.74) is 3.59. The Balaban J connectivity index is 1.98. The molecule has 1 atom stereocenters. The monoisotopic (exact) mass is 463 g/mol. The van der Waals surface area contributed by atoms with Crippen molar-refractivity contribution in [3.05, 3.63) is 63.6 Å². The third kappa shape index (κ3) is 7.89. The van der Waals surface area contributed by atoms with E-state index in [1.807, 2.05) is 38.1 Å². The number of carbonyl (C=O) groups excluding carboxylic acids is 2. The maximum absolute atomic E-state index is 12.6. The number of amides is 2. The average Bonchev–Trinajstić information content (AvgIpc) is 2.74.